The lowest BCUT2D eigenvalue weighted by Gasteiger charge is -2.44. The predicted molar refractivity (Wildman–Crippen MR) is 131 cm³/mol. The molecule has 0 radical (unpaired) electrons. The van der Waals surface area contributed by atoms with Crippen LogP contribution < -0.4 is 15.0 Å². The summed E-state index contributed by atoms with van der Waals surface area (Å²) in [6, 6.07) is 19.4. The number of ether oxygens (including phenoxy) is 1. The smallest absolute Gasteiger partial charge is 0.322 e. The Morgan fingerprint density at radius 3 is 2.68 bits per heavy atom. The highest BCUT2D eigenvalue weighted by Crippen LogP contribution is 2.49. The van der Waals surface area contributed by atoms with Gasteiger partial charge in [0.05, 0.1) is 25.8 Å². The molecule has 0 aliphatic carbocycles. The fraction of sp³-hybridized carbons (Fsp3) is 0.296. The molecule has 0 aromatic heterocycles. The second kappa shape index (κ2) is 8.99. The Balaban J connectivity index is 1.52. The van der Waals surface area contributed by atoms with Gasteiger partial charge in [-0.25, -0.2) is 9.18 Å². The zero-order valence-corrected chi connectivity index (χ0v) is 19.2. The summed E-state index contributed by atoms with van der Waals surface area (Å²) in [7, 11) is 3.57. The number of rotatable bonds is 4. The lowest BCUT2D eigenvalue weighted by molar-refractivity contribution is 0.168. The quantitative estimate of drug-likeness (QED) is 0.580. The van der Waals surface area contributed by atoms with E-state index in [-0.39, 0.29) is 36.5 Å². The topological polar surface area (TPSA) is 65.0 Å². The number of halogens is 1. The van der Waals surface area contributed by atoms with Crippen LogP contribution in [0.5, 0.6) is 5.75 Å². The van der Waals surface area contributed by atoms with Crippen molar-refractivity contribution in [3.8, 4) is 16.9 Å². The van der Waals surface area contributed by atoms with Crippen LogP contribution in [-0.2, 0) is 0 Å². The molecule has 176 valence electrons. The summed E-state index contributed by atoms with van der Waals surface area (Å²) in [6.07, 6.45) is 0.787. The first kappa shape index (κ1) is 22.2. The van der Waals surface area contributed by atoms with Gasteiger partial charge >= 0.3 is 6.03 Å². The molecule has 0 bridgehead atoms. The zero-order chi connectivity index (χ0) is 23.8. The number of carbonyl (C=O) groups excluding carboxylic acids is 1. The Kier molecular flexibility index (Phi) is 5.87. The van der Waals surface area contributed by atoms with Gasteiger partial charge in [0.1, 0.15) is 11.6 Å². The van der Waals surface area contributed by atoms with Gasteiger partial charge in [-0.2, -0.15) is 0 Å². The third kappa shape index (κ3) is 3.86. The first-order valence-electron chi connectivity index (χ1n) is 11.5. The van der Waals surface area contributed by atoms with E-state index in [9.17, 15) is 14.3 Å². The van der Waals surface area contributed by atoms with E-state index >= 15 is 0 Å². The van der Waals surface area contributed by atoms with Crippen LogP contribution in [0.2, 0.25) is 0 Å². The number of carbonyl (C=O) groups is 1. The van der Waals surface area contributed by atoms with Crippen molar-refractivity contribution < 1.29 is 19.0 Å². The molecule has 2 N–H and O–H groups in total. The van der Waals surface area contributed by atoms with Crippen molar-refractivity contribution >= 4 is 17.4 Å². The molecule has 3 aromatic carbocycles. The average molecular weight is 462 g/mol. The summed E-state index contributed by atoms with van der Waals surface area (Å²) in [5, 5.41) is 13.2. The molecule has 2 aliphatic heterocycles. The minimum atomic E-state index is -0.286. The van der Waals surface area contributed by atoms with Gasteiger partial charge in [0.2, 0.25) is 0 Å². The van der Waals surface area contributed by atoms with E-state index < -0.39 is 0 Å². The van der Waals surface area contributed by atoms with Crippen molar-refractivity contribution in [1.82, 2.24) is 4.90 Å². The van der Waals surface area contributed by atoms with Crippen molar-refractivity contribution in [2.45, 2.75) is 18.5 Å². The van der Waals surface area contributed by atoms with E-state index in [2.05, 4.69) is 16.3 Å². The second-order valence-electron chi connectivity index (χ2n) is 8.90. The van der Waals surface area contributed by atoms with Gasteiger partial charge in [-0.15, -0.1) is 0 Å². The highest BCUT2D eigenvalue weighted by Gasteiger charge is 2.47. The SMILES string of the molecule is COc1cccc(NC(=O)N2CC[C@@H]3[C@H]2c2cc(-c4cccc(F)c4)ccc2N(C)[C@@H]3CO)c1. The van der Waals surface area contributed by atoms with Crippen LogP contribution in [0.3, 0.4) is 0 Å². The van der Waals surface area contributed by atoms with Crippen LogP contribution in [0.15, 0.2) is 66.7 Å². The summed E-state index contributed by atoms with van der Waals surface area (Å²) < 4.78 is 19.2. The molecule has 0 saturated carbocycles. The normalized spacial score (nSPS) is 21.1. The van der Waals surface area contributed by atoms with Gasteiger partial charge < -0.3 is 25.0 Å². The summed E-state index contributed by atoms with van der Waals surface area (Å²) in [5.74, 6) is 0.467. The number of nitrogens with zero attached hydrogens (tertiary/aromatic N) is 2. The van der Waals surface area contributed by atoms with E-state index in [4.69, 9.17) is 4.74 Å². The van der Waals surface area contributed by atoms with Gasteiger partial charge in [-0.3, -0.25) is 0 Å². The van der Waals surface area contributed by atoms with Gasteiger partial charge in [0, 0.05) is 37.0 Å². The molecule has 0 spiro atoms. The molecule has 2 aliphatic rings. The molecule has 2 heterocycles. The van der Waals surface area contributed by atoms with Crippen molar-refractivity contribution in [2.75, 3.05) is 37.5 Å². The molecular formula is C27H28FN3O3. The lowest BCUT2D eigenvalue weighted by Crippen LogP contribution is -2.48. The third-order valence-electron chi connectivity index (χ3n) is 7.09. The first-order valence-corrected chi connectivity index (χ1v) is 11.5. The van der Waals surface area contributed by atoms with E-state index in [1.165, 1.54) is 12.1 Å². The molecule has 34 heavy (non-hydrogen) atoms. The molecule has 0 unspecified atom stereocenters. The Labute approximate surface area is 198 Å². The Bertz CT molecular complexity index is 1220. The molecular weight excluding hydrogens is 433 g/mol. The van der Waals surface area contributed by atoms with Crippen molar-refractivity contribution in [1.29, 1.82) is 0 Å². The minimum absolute atomic E-state index is 0.00803. The van der Waals surface area contributed by atoms with Crippen LogP contribution in [0, 0.1) is 11.7 Å². The monoisotopic (exact) mass is 461 g/mol. The average Bonchev–Trinajstić information content (AvgIpc) is 3.29. The number of aliphatic hydroxyl groups excluding tert-OH is 1. The number of likely N-dealkylation sites (tertiary alicyclic amines) is 1. The predicted octanol–water partition coefficient (Wildman–Crippen LogP) is 4.91. The Hall–Kier alpha value is -3.58. The Morgan fingerprint density at radius 2 is 1.91 bits per heavy atom. The van der Waals surface area contributed by atoms with Crippen LogP contribution in [-0.4, -0.2) is 49.4 Å². The number of methoxy groups -OCH3 is 1. The summed E-state index contributed by atoms with van der Waals surface area (Å²) >= 11 is 0. The van der Waals surface area contributed by atoms with Gasteiger partial charge in [-0.1, -0.05) is 24.3 Å². The molecule has 5 rings (SSSR count). The maximum absolute atomic E-state index is 13.9. The molecule has 1 saturated heterocycles. The number of anilines is 2. The zero-order valence-electron chi connectivity index (χ0n) is 19.2. The maximum Gasteiger partial charge on any atom is 0.322 e. The summed E-state index contributed by atoms with van der Waals surface area (Å²) in [5.41, 5.74) is 4.33. The molecule has 7 heteroatoms. The number of amides is 2. The van der Waals surface area contributed by atoms with Crippen LogP contribution in [0.4, 0.5) is 20.6 Å². The number of likely N-dealkylation sites (N-methyl/N-ethyl adjacent to an activating group) is 1. The van der Waals surface area contributed by atoms with Crippen LogP contribution in [0.25, 0.3) is 11.1 Å². The van der Waals surface area contributed by atoms with Gasteiger partial charge in [0.25, 0.3) is 0 Å². The maximum atomic E-state index is 13.9. The third-order valence-corrected chi connectivity index (χ3v) is 7.09. The lowest BCUT2D eigenvalue weighted by atomic mass is 9.81. The van der Waals surface area contributed by atoms with Crippen molar-refractivity contribution in [3.63, 3.8) is 0 Å². The van der Waals surface area contributed by atoms with Gasteiger partial charge in [0.15, 0.2) is 0 Å². The van der Waals surface area contributed by atoms with E-state index in [0.717, 1.165) is 28.8 Å². The Morgan fingerprint density at radius 1 is 1.12 bits per heavy atom. The highest BCUT2D eigenvalue weighted by atomic mass is 19.1. The number of nitrogens with one attached hydrogen (secondary N) is 1. The number of fused-ring (bicyclic) bond motifs is 3. The molecule has 1 fully saturated rings. The highest BCUT2D eigenvalue weighted by molar-refractivity contribution is 5.90. The van der Waals surface area contributed by atoms with Crippen molar-refractivity contribution in [2.24, 2.45) is 5.92 Å². The molecule has 6 nitrogen and oxygen atoms in total. The first-order chi connectivity index (χ1) is 16.5. The molecule has 2 amide bonds. The minimum Gasteiger partial charge on any atom is -0.497 e. The van der Waals surface area contributed by atoms with Crippen LogP contribution >= 0.6 is 0 Å². The number of hydrogen-bond donors (Lipinski definition) is 2. The largest absolute Gasteiger partial charge is 0.497 e. The van der Waals surface area contributed by atoms with E-state index in [1.807, 2.05) is 48.3 Å². The summed E-state index contributed by atoms with van der Waals surface area (Å²) in [4.78, 5) is 17.4. The number of urea groups is 1. The number of aliphatic hydroxyl groups is 1. The fourth-order valence-corrected chi connectivity index (χ4v) is 5.43. The number of hydrogen-bond acceptors (Lipinski definition) is 4. The second-order valence-corrected chi connectivity index (χ2v) is 8.90. The van der Waals surface area contributed by atoms with E-state index in [0.29, 0.717) is 18.0 Å². The van der Waals surface area contributed by atoms with Gasteiger partial charge in [-0.05, 0) is 59.5 Å². The van der Waals surface area contributed by atoms with E-state index in [1.54, 1.807) is 19.2 Å². The molecule has 3 aromatic rings. The fourth-order valence-electron chi connectivity index (χ4n) is 5.43. The van der Waals surface area contributed by atoms with Crippen molar-refractivity contribution in [3.05, 3.63) is 78.1 Å². The summed E-state index contributed by atoms with van der Waals surface area (Å²) in [6.45, 7) is 0.590. The standard InChI is InChI=1S/C27H28FN3O3/c1-30-24-10-9-18(17-5-3-6-19(28)13-17)14-23(24)26-22(25(30)16-32)11-12-31(26)27(33)29-20-7-4-8-21(15-20)34-2/h3-10,13-15,22,25-26,32H,11-12,16H2,1-2H3,(H,29,33)/t22-,25+,26-/m0/s1. The molecule has 3 atom stereocenters. The van der Waals surface area contributed by atoms with Crippen LogP contribution in [0.1, 0.15) is 18.0 Å². The number of benzene rings is 3.